The first-order valence-electron chi connectivity index (χ1n) is 9.46. The minimum atomic E-state index is 0. The van der Waals surface area contributed by atoms with Gasteiger partial charge >= 0.3 is 0 Å². The Morgan fingerprint density at radius 3 is 2.66 bits per heavy atom. The van der Waals surface area contributed by atoms with E-state index in [2.05, 4.69) is 72.0 Å². The predicted molar refractivity (Wildman–Crippen MR) is 129 cm³/mol. The van der Waals surface area contributed by atoms with Gasteiger partial charge in [0.25, 0.3) is 0 Å². The van der Waals surface area contributed by atoms with Gasteiger partial charge in [-0.1, -0.05) is 24.3 Å². The maximum Gasteiger partial charge on any atom is 0.194 e. The fourth-order valence-corrected chi connectivity index (χ4v) is 4.23. The molecule has 0 saturated carbocycles. The van der Waals surface area contributed by atoms with Crippen LogP contribution in [0.15, 0.2) is 59.4 Å². The number of benzene rings is 1. The molecule has 1 aromatic carbocycles. The molecule has 0 radical (unpaired) electrons. The van der Waals surface area contributed by atoms with Gasteiger partial charge in [0.15, 0.2) is 5.96 Å². The van der Waals surface area contributed by atoms with Crippen LogP contribution in [-0.4, -0.2) is 58.9 Å². The minimum absolute atomic E-state index is 0. The van der Waals surface area contributed by atoms with Crippen LogP contribution in [0.1, 0.15) is 11.1 Å². The number of halogens is 1. The topological polar surface area (TPSA) is 61.6 Å². The maximum atomic E-state index is 4.49. The van der Waals surface area contributed by atoms with E-state index < -0.39 is 0 Å². The molecule has 3 heterocycles. The summed E-state index contributed by atoms with van der Waals surface area (Å²) in [6, 6.07) is 12.9. The van der Waals surface area contributed by atoms with E-state index in [4.69, 9.17) is 0 Å². The van der Waals surface area contributed by atoms with Crippen LogP contribution < -0.4 is 10.2 Å². The van der Waals surface area contributed by atoms with Crippen LogP contribution in [-0.2, 0) is 13.1 Å². The maximum absolute atomic E-state index is 4.49. The molecule has 9 heteroatoms. The second-order valence-corrected chi connectivity index (χ2v) is 7.67. The lowest BCUT2D eigenvalue weighted by molar-refractivity contribution is 0.373. The van der Waals surface area contributed by atoms with Gasteiger partial charge in [0, 0.05) is 39.8 Å². The predicted octanol–water partition coefficient (Wildman–Crippen LogP) is 2.90. The van der Waals surface area contributed by atoms with Crippen LogP contribution >= 0.6 is 35.3 Å². The third-order valence-corrected chi connectivity index (χ3v) is 5.79. The number of aliphatic imine (C=N–C) groups is 1. The van der Waals surface area contributed by atoms with Gasteiger partial charge in [0.1, 0.15) is 12.7 Å². The third kappa shape index (κ3) is 5.69. The minimum Gasteiger partial charge on any atom is -0.360 e. The molecule has 4 rings (SSSR count). The summed E-state index contributed by atoms with van der Waals surface area (Å²) in [5.74, 6) is 0.965. The van der Waals surface area contributed by atoms with Crippen molar-refractivity contribution in [2.24, 2.45) is 4.99 Å². The van der Waals surface area contributed by atoms with Crippen LogP contribution in [0.4, 0.5) is 5.00 Å². The lowest BCUT2D eigenvalue weighted by atomic mass is 10.1. The summed E-state index contributed by atoms with van der Waals surface area (Å²) in [6.07, 6.45) is 3.30. The number of nitrogens with one attached hydrogen (secondary N) is 1. The van der Waals surface area contributed by atoms with E-state index in [1.54, 1.807) is 24.0 Å². The Balaban J connectivity index is 0.00000240. The highest BCUT2D eigenvalue weighted by Gasteiger charge is 2.20. The summed E-state index contributed by atoms with van der Waals surface area (Å²) in [6.45, 7) is 5.48. The molecule has 154 valence electrons. The Kier molecular flexibility index (Phi) is 7.87. The van der Waals surface area contributed by atoms with E-state index in [1.165, 1.54) is 16.1 Å². The molecule has 0 amide bonds. The number of rotatable bonds is 5. The van der Waals surface area contributed by atoms with Crippen LogP contribution in [0, 0.1) is 0 Å². The summed E-state index contributed by atoms with van der Waals surface area (Å²) in [7, 11) is 1.86. The number of guanidine groups is 1. The molecule has 1 saturated heterocycles. The van der Waals surface area contributed by atoms with Crippen molar-refractivity contribution in [2.45, 2.75) is 13.1 Å². The Morgan fingerprint density at radius 1 is 1.14 bits per heavy atom. The van der Waals surface area contributed by atoms with Crippen molar-refractivity contribution in [3.8, 4) is 0 Å². The fraction of sp³-hybridized carbons (Fsp3) is 0.350. The second-order valence-electron chi connectivity index (χ2n) is 6.74. The highest BCUT2D eigenvalue weighted by atomic mass is 127. The Hall–Kier alpha value is -2.14. The average molecular weight is 523 g/mol. The number of anilines is 1. The van der Waals surface area contributed by atoms with Gasteiger partial charge in [0.05, 0.1) is 11.5 Å². The Morgan fingerprint density at radius 2 is 1.97 bits per heavy atom. The van der Waals surface area contributed by atoms with E-state index in [1.807, 2.05) is 11.7 Å². The highest BCUT2D eigenvalue weighted by molar-refractivity contribution is 14.0. The summed E-state index contributed by atoms with van der Waals surface area (Å²) < 4.78 is 1.83. The summed E-state index contributed by atoms with van der Waals surface area (Å²) >= 11 is 1.81. The lowest BCUT2D eigenvalue weighted by Crippen LogP contribution is -2.52. The summed E-state index contributed by atoms with van der Waals surface area (Å²) in [5.41, 5.74) is 2.44. The van der Waals surface area contributed by atoms with Crippen LogP contribution in [0.25, 0.3) is 0 Å². The first-order chi connectivity index (χ1) is 13.8. The van der Waals surface area contributed by atoms with E-state index in [0.29, 0.717) is 0 Å². The molecule has 7 nitrogen and oxygen atoms in total. The van der Waals surface area contributed by atoms with Gasteiger partial charge in [-0.05, 0) is 28.6 Å². The van der Waals surface area contributed by atoms with E-state index >= 15 is 0 Å². The number of piperazine rings is 1. The number of nitrogens with zero attached hydrogens (tertiary/aromatic N) is 6. The molecule has 0 unspecified atom stereocenters. The molecule has 1 aliphatic heterocycles. The third-order valence-electron chi connectivity index (χ3n) is 4.86. The molecule has 0 atom stereocenters. The first-order valence-corrected chi connectivity index (χ1v) is 10.3. The Bertz CT molecular complexity index is 887. The SMILES string of the molecule is CN=C(NCc1cccc(Cn2cncn2)c1)N1CCN(c2cccs2)CC1.I. The van der Waals surface area contributed by atoms with Gasteiger partial charge in [-0.15, -0.1) is 35.3 Å². The van der Waals surface area contributed by atoms with Crippen LogP contribution in [0.3, 0.4) is 0 Å². The molecular formula is C20H26IN7S. The average Bonchev–Trinajstić information content (AvgIpc) is 3.44. The fourth-order valence-electron chi connectivity index (χ4n) is 3.44. The standard InChI is InChI=1S/C20H25N7S.HI/c1-21-20(26-9-7-25(8-10-26)19-6-3-11-28-19)23-13-17-4-2-5-18(12-17)14-27-16-22-15-24-27;/h2-6,11-12,15-16H,7-10,13-14H2,1H3,(H,21,23);1H. The monoisotopic (exact) mass is 523 g/mol. The highest BCUT2D eigenvalue weighted by Crippen LogP contribution is 2.22. The zero-order valence-electron chi connectivity index (χ0n) is 16.4. The molecule has 2 aromatic heterocycles. The van der Waals surface area contributed by atoms with Crippen molar-refractivity contribution in [3.63, 3.8) is 0 Å². The van der Waals surface area contributed by atoms with Gasteiger partial charge in [0.2, 0.25) is 0 Å². The number of aromatic nitrogens is 3. The number of hydrogen-bond acceptors (Lipinski definition) is 5. The molecule has 29 heavy (non-hydrogen) atoms. The zero-order chi connectivity index (χ0) is 19.2. The number of thiophene rings is 1. The van der Waals surface area contributed by atoms with Crippen LogP contribution in [0.2, 0.25) is 0 Å². The molecular weight excluding hydrogens is 497 g/mol. The van der Waals surface area contributed by atoms with E-state index in [0.717, 1.165) is 45.2 Å². The first kappa shape index (κ1) is 21.6. The van der Waals surface area contributed by atoms with Crippen molar-refractivity contribution < 1.29 is 0 Å². The van der Waals surface area contributed by atoms with Gasteiger partial charge in [-0.2, -0.15) is 5.10 Å². The molecule has 0 spiro atoms. The van der Waals surface area contributed by atoms with Crippen molar-refractivity contribution in [3.05, 3.63) is 65.6 Å². The zero-order valence-corrected chi connectivity index (χ0v) is 19.6. The van der Waals surface area contributed by atoms with Crippen molar-refractivity contribution in [2.75, 3.05) is 38.1 Å². The second kappa shape index (κ2) is 10.6. The molecule has 0 aliphatic carbocycles. The van der Waals surface area contributed by atoms with Crippen molar-refractivity contribution in [1.29, 1.82) is 0 Å². The Labute approximate surface area is 192 Å². The van der Waals surface area contributed by atoms with Gasteiger partial charge in [-0.3, -0.25) is 4.99 Å². The van der Waals surface area contributed by atoms with Crippen LogP contribution in [0.5, 0.6) is 0 Å². The quantitative estimate of drug-likeness (QED) is 0.317. The molecule has 1 N–H and O–H groups in total. The van der Waals surface area contributed by atoms with E-state index in [-0.39, 0.29) is 24.0 Å². The number of hydrogen-bond donors (Lipinski definition) is 1. The molecule has 1 aliphatic rings. The summed E-state index contributed by atoms with van der Waals surface area (Å²) in [4.78, 5) is 13.3. The van der Waals surface area contributed by atoms with Gasteiger partial charge < -0.3 is 15.1 Å². The van der Waals surface area contributed by atoms with E-state index in [9.17, 15) is 0 Å². The normalized spacial score (nSPS) is 14.6. The summed E-state index contributed by atoms with van der Waals surface area (Å²) in [5, 5.41) is 11.2. The largest absolute Gasteiger partial charge is 0.360 e. The lowest BCUT2D eigenvalue weighted by Gasteiger charge is -2.37. The smallest absolute Gasteiger partial charge is 0.194 e. The molecule has 3 aromatic rings. The molecule has 0 bridgehead atoms. The van der Waals surface area contributed by atoms with Crippen molar-refractivity contribution in [1.82, 2.24) is 25.0 Å². The molecule has 1 fully saturated rings. The van der Waals surface area contributed by atoms with Crippen molar-refractivity contribution >= 4 is 46.3 Å². The van der Waals surface area contributed by atoms with Gasteiger partial charge in [-0.25, -0.2) is 9.67 Å².